The number of aromatic nitrogens is 2. The highest BCUT2D eigenvalue weighted by Crippen LogP contribution is 2.23. The number of ether oxygens (including phenoxy) is 1. The van der Waals surface area contributed by atoms with Gasteiger partial charge in [0.15, 0.2) is 0 Å². The third kappa shape index (κ3) is 4.58. The van der Waals surface area contributed by atoms with Crippen LogP contribution >= 0.6 is 11.6 Å². The average Bonchev–Trinajstić information content (AvgIpc) is 2.46. The van der Waals surface area contributed by atoms with Crippen molar-refractivity contribution in [3.05, 3.63) is 35.6 Å². The molecule has 0 atom stereocenters. The molecule has 0 fully saturated rings. The highest BCUT2D eigenvalue weighted by atomic mass is 35.5. The first-order valence-corrected chi connectivity index (χ1v) is 7.04. The molecule has 6 heteroatoms. The molecular formula is C15H19ClN4O. The summed E-state index contributed by atoms with van der Waals surface area (Å²) in [5, 5.41) is 3.48. The fourth-order valence-corrected chi connectivity index (χ4v) is 2.01. The summed E-state index contributed by atoms with van der Waals surface area (Å²) in [5.41, 5.74) is 1.75. The number of nitrogens with one attached hydrogen (secondary N) is 1. The molecule has 2 rings (SSSR count). The van der Waals surface area contributed by atoms with Gasteiger partial charge < -0.3 is 15.0 Å². The highest BCUT2D eigenvalue weighted by Gasteiger charge is 2.06. The number of anilines is 1. The van der Waals surface area contributed by atoms with E-state index in [-0.39, 0.29) is 5.28 Å². The summed E-state index contributed by atoms with van der Waals surface area (Å²) in [6.45, 7) is 1.71. The van der Waals surface area contributed by atoms with Crippen LogP contribution in [0, 0.1) is 0 Å². The summed E-state index contributed by atoms with van der Waals surface area (Å²) in [6.07, 6.45) is 0. The fourth-order valence-electron chi connectivity index (χ4n) is 1.83. The summed E-state index contributed by atoms with van der Waals surface area (Å²) in [4.78, 5) is 10.6. The van der Waals surface area contributed by atoms with Gasteiger partial charge in [-0.25, -0.2) is 9.97 Å². The van der Waals surface area contributed by atoms with Crippen molar-refractivity contribution in [1.82, 2.24) is 14.9 Å². The van der Waals surface area contributed by atoms with Gasteiger partial charge in [-0.1, -0.05) is 0 Å². The zero-order valence-corrected chi connectivity index (χ0v) is 13.2. The lowest BCUT2D eigenvalue weighted by molar-refractivity contribution is 0.415. The van der Waals surface area contributed by atoms with Crippen molar-refractivity contribution in [1.29, 1.82) is 0 Å². The Balaban J connectivity index is 2.17. The first-order chi connectivity index (χ1) is 10.1. The lowest BCUT2D eigenvalue weighted by atomic mass is 10.1. The molecule has 1 N–H and O–H groups in total. The maximum Gasteiger partial charge on any atom is 0.224 e. The van der Waals surface area contributed by atoms with E-state index in [0.717, 1.165) is 35.9 Å². The van der Waals surface area contributed by atoms with Gasteiger partial charge >= 0.3 is 0 Å². The molecule has 0 unspecified atom stereocenters. The number of nitrogens with zero attached hydrogens (tertiary/aromatic N) is 3. The maximum absolute atomic E-state index is 6.00. The van der Waals surface area contributed by atoms with Crippen molar-refractivity contribution in [3.8, 4) is 17.0 Å². The highest BCUT2D eigenvalue weighted by molar-refractivity contribution is 6.28. The number of hydrogen-bond donors (Lipinski definition) is 1. The van der Waals surface area contributed by atoms with Crippen LogP contribution in [-0.4, -0.2) is 49.2 Å². The molecule has 112 valence electrons. The van der Waals surface area contributed by atoms with Gasteiger partial charge in [-0.15, -0.1) is 0 Å². The minimum Gasteiger partial charge on any atom is -0.497 e. The molecule has 0 aliphatic rings. The number of methoxy groups -OCH3 is 1. The number of likely N-dealkylation sites (N-methyl/N-ethyl adjacent to an activating group) is 1. The summed E-state index contributed by atoms with van der Waals surface area (Å²) in [6, 6.07) is 9.57. The Morgan fingerprint density at radius 1 is 1.19 bits per heavy atom. The molecule has 2 aromatic rings. The summed E-state index contributed by atoms with van der Waals surface area (Å²) >= 11 is 6.00. The molecule has 0 spiro atoms. The molecule has 1 aromatic heterocycles. The monoisotopic (exact) mass is 306 g/mol. The molecule has 5 nitrogen and oxygen atoms in total. The van der Waals surface area contributed by atoms with Gasteiger partial charge in [0, 0.05) is 24.7 Å². The number of rotatable bonds is 6. The second-order valence-corrected chi connectivity index (χ2v) is 5.20. The van der Waals surface area contributed by atoms with E-state index in [1.165, 1.54) is 0 Å². The standard InChI is InChI=1S/C15H19ClN4O/c1-20(2)9-8-17-14-10-13(18-15(16)19-14)11-4-6-12(21-3)7-5-11/h4-7,10H,8-9H2,1-3H3,(H,17,18,19). The van der Waals surface area contributed by atoms with Crippen LogP contribution in [0.4, 0.5) is 5.82 Å². The first-order valence-electron chi connectivity index (χ1n) is 6.66. The van der Waals surface area contributed by atoms with Crippen LogP contribution < -0.4 is 10.1 Å². The predicted octanol–water partition coefficient (Wildman–Crippen LogP) is 2.78. The van der Waals surface area contributed by atoms with Crippen LogP contribution in [0.2, 0.25) is 5.28 Å². The first kappa shape index (κ1) is 15.5. The van der Waals surface area contributed by atoms with Crippen molar-refractivity contribution in [2.24, 2.45) is 0 Å². The Morgan fingerprint density at radius 3 is 2.52 bits per heavy atom. The predicted molar refractivity (Wildman–Crippen MR) is 86.1 cm³/mol. The molecule has 0 radical (unpaired) electrons. The number of hydrogen-bond acceptors (Lipinski definition) is 5. The molecular weight excluding hydrogens is 288 g/mol. The van der Waals surface area contributed by atoms with Crippen LogP contribution in [0.5, 0.6) is 5.75 Å². The molecule has 0 aliphatic carbocycles. The molecule has 0 aliphatic heterocycles. The second kappa shape index (κ2) is 7.24. The Kier molecular flexibility index (Phi) is 5.36. The van der Waals surface area contributed by atoms with Gasteiger partial charge in [-0.3, -0.25) is 0 Å². The number of benzene rings is 1. The van der Waals surface area contributed by atoms with E-state index >= 15 is 0 Å². The zero-order chi connectivity index (χ0) is 15.2. The quantitative estimate of drug-likeness (QED) is 0.832. The van der Waals surface area contributed by atoms with Crippen molar-refractivity contribution in [3.63, 3.8) is 0 Å². The van der Waals surface area contributed by atoms with E-state index in [9.17, 15) is 0 Å². The third-order valence-corrected chi connectivity index (χ3v) is 3.12. The average molecular weight is 307 g/mol. The van der Waals surface area contributed by atoms with E-state index in [1.54, 1.807) is 7.11 Å². The molecule has 0 saturated heterocycles. The van der Waals surface area contributed by atoms with Gasteiger partial charge in [-0.2, -0.15) is 0 Å². The largest absolute Gasteiger partial charge is 0.497 e. The summed E-state index contributed by atoms with van der Waals surface area (Å²) < 4.78 is 5.15. The SMILES string of the molecule is COc1ccc(-c2cc(NCCN(C)C)nc(Cl)n2)cc1. The lowest BCUT2D eigenvalue weighted by Crippen LogP contribution is -2.21. The molecule has 1 heterocycles. The number of halogens is 1. The van der Waals surface area contributed by atoms with Crippen LogP contribution in [0.25, 0.3) is 11.3 Å². The Labute approximate surface area is 129 Å². The minimum absolute atomic E-state index is 0.232. The van der Waals surface area contributed by atoms with Gasteiger partial charge in [0.2, 0.25) is 5.28 Å². The normalized spacial score (nSPS) is 10.7. The maximum atomic E-state index is 6.00. The van der Waals surface area contributed by atoms with Gasteiger partial charge in [0.05, 0.1) is 12.8 Å². The van der Waals surface area contributed by atoms with E-state index < -0.39 is 0 Å². The topological polar surface area (TPSA) is 50.3 Å². The van der Waals surface area contributed by atoms with E-state index in [2.05, 4.69) is 20.2 Å². The smallest absolute Gasteiger partial charge is 0.224 e. The van der Waals surface area contributed by atoms with Crippen LogP contribution in [-0.2, 0) is 0 Å². The fraction of sp³-hybridized carbons (Fsp3) is 0.333. The summed E-state index contributed by atoms with van der Waals surface area (Å²) in [7, 11) is 5.69. The van der Waals surface area contributed by atoms with Gasteiger partial charge in [-0.05, 0) is 50.0 Å². The van der Waals surface area contributed by atoms with Crippen LogP contribution in [0.3, 0.4) is 0 Å². The van der Waals surface area contributed by atoms with Crippen LogP contribution in [0.1, 0.15) is 0 Å². The Morgan fingerprint density at radius 2 is 1.90 bits per heavy atom. The van der Waals surface area contributed by atoms with Gasteiger partial charge in [0.25, 0.3) is 0 Å². The Hall–Kier alpha value is -1.85. The second-order valence-electron chi connectivity index (χ2n) is 4.87. The van der Waals surface area contributed by atoms with E-state index in [4.69, 9.17) is 16.3 Å². The zero-order valence-electron chi connectivity index (χ0n) is 12.4. The van der Waals surface area contributed by atoms with E-state index in [0.29, 0.717) is 0 Å². The van der Waals surface area contributed by atoms with Gasteiger partial charge in [0.1, 0.15) is 11.6 Å². The van der Waals surface area contributed by atoms with Crippen LogP contribution in [0.15, 0.2) is 30.3 Å². The minimum atomic E-state index is 0.232. The lowest BCUT2D eigenvalue weighted by Gasteiger charge is -2.11. The molecule has 21 heavy (non-hydrogen) atoms. The Bertz CT molecular complexity index is 587. The van der Waals surface area contributed by atoms with Crippen molar-refractivity contribution < 1.29 is 4.74 Å². The van der Waals surface area contributed by atoms with Crippen molar-refractivity contribution >= 4 is 17.4 Å². The van der Waals surface area contributed by atoms with Crippen molar-refractivity contribution in [2.75, 3.05) is 39.6 Å². The third-order valence-electron chi connectivity index (χ3n) is 2.95. The molecule has 0 amide bonds. The molecule has 0 saturated carbocycles. The molecule has 0 bridgehead atoms. The van der Waals surface area contributed by atoms with Crippen molar-refractivity contribution in [2.45, 2.75) is 0 Å². The van der Waals surface area contributed by atoms with E-state index in [1.807, 2.05) is 44.4 Å². The summed E-state index contributed by atoms with van der Waals surface area (Å²) in [5.74, 6) is 1.53. The molecule has 1 aromatic carbocycles.